The fourth-order valence-corrected chi connectivity index (χ4v) is 3.02. The largest absolute Gasteiger partial charge is 0.468 e. The minimum atomic E-state index is -3.76. The van der Waals surface area contributed by atoms with E-state index in [1.54, 1.807) is 18.2 Å². The number of benzene rings is 1. The van der Waals surface area contributed by atoms with Crippen LogP contribution >= 0.6 is 0 Å². The zero-order valence-corrected chi connectivity index (χ0v) is 14.0. The summed E-state index contributed by atoms with van der Waals surface area (Å²) in [6, 6.07) is 5.52. The summed E-state index contributed by atoms with van der Waals surface area (Å²) in [5.74, 6) is -0.600. The maximum absolute atomic E-state index is 12.3. The summed E-state index contributed by atoms with van der Waals surface area (Å²) in [7, 11) is -2.52. The summed E-state index contributed by atoms with van der Waals surface area (Å²) >= 11 is 0. The topological polar surface area (TPSA) is 72.5 Å². The molecule has 5 nitrogen and oxygen atoms in total. The number of hydrogen-bond donors (Lipinski definition) is 1. The van der Waals surface area contributed by atoms with E-state index >= 15 is 0 Å². The Labute approximate surface area is 132 Å². The van der Waals surface area contributed by atoms with Gasteiger partial charge >= 0.3 is 5.97 Å². The van der Waals surface area contributed by atoms with Crippen LogP contribution in [0.3, 0.4) is 0 Å². The van der Waals surface area contributed by atoms with Crippen LogP contribution in [0, 0.1) is 6.92 Å². The third-order valence-corrected chi connectivity index (χ3v) is 4.60. The molecule has 0 spiro atoms. The Morgan fingerprint density at radius 1 is 1.27 bits per heavy atom. The van der Waals surface area contributed by atoms with Gasteiger partial charge in [0.25, 0.3) is 0 Å². The molecule has 0 radical (unpaired) electrons. The molecule has 0 aromatic heterocycles. The minimum Gasteiger partial charge on any atom is -0.468 e. The summed E-state index contributed by atoms with van der Waals surface area (Å²) in [5.41, 5.74) is 0.964. The second kappa shape index (κ2) is 8.70. The summed E-state index contributed by atoms with van der Waals surface area (Å²) in [6.45, 7) is 3.92. The number of ether oxygens (including phenoxy) is 1. The average Bonchev–Trinajstić information content (AvgIpc) is 2.50. The molecule has 22 heavy (non-hydrogen) atoms. The van der Waals surface area contributed by atoms with E-state index in [1.807, 2.05) is 19.9 Å². The SMILES string of the molecule is CCC/C=C/CC(NS(=O)(=O)c1ccc(C)cc1)C(=O)OC. The van der Waals surface area contributed by atoms with Gasteiger partial charge in [0.05, 0.1) is 12.0 Å². The average molecular weight is 325 g/mol. The van der Waals surface area contributed by atoms with Crippen molar-refractivity contribution in [3.8, 4) is 0 Å². The van der Waals surface area contributed by atoms with Crippen LogP contribution in [-0.4, -0.2) is 27.5 Å². The van der Waals surface area contributed by atoms with E-state index < -0.39 is 22.0 Å². The van der Waals surface area contributed by atoms with E-state index in [2.05, 4.69) is 9.46 Å². The molecular formula is C16H23NO4S. The standard InChI is InChI=1S/C16H23NO4S/c1-4-5-6-7-8-15(16(18)21-3)17-22(19,20)14-11-9-13(2)10-12-14/h6-7,9-12,15,17H,4-5,8H2,1-3H3/b7-6+. The molecule has 0 aliphatic rings. The van der Waals surface area contributed by atoms with Crippen molar-refractivity contribution in [2.24, 2.45) is 0 Å². The molecule has 6 heteroatoms. The first-order valence-corrected chi connectivity index (χ1v) is 8.71. The Morgan fingerprint density at radius 2 is 1.91 bits per heavy atom. The van der Waals surface area contributed by atoms with Gasteiger partial charge in [0.2, 0.25) is 10.0 Å². The number of methoxy groups -OCH3 is 1. The second-order valence-electron chi connectivity index (χ2n) is 5.01. The third kappa shape index (κ3) is 5.61. The summed E-state index contributed by atoms with van der Waals surface area (Å²) in [4.78, 5) is 11.9. The number of allylic oxidation sites excluding steroid dienone is 1. The molecule has 1 N–H and O–H groups in total. The number of sulfonamides is 1. The molecular weight excluding hydrogens is 302 g/mol. The van der Waals surface area contributed by atoms with Gasteiger partial charge in [-0.05, 0) is 31.9 Å². The highest BCUT2D eigenvalue weighted by atomic mass is 32.2. The van der Waals surface area contributed by atoms with Crippen molar-refractivity contribution < 1.29 is 17.9 Å². The van der Waals surface area contributed by atoms with Crippen molar-refractivity contribution in [1.82, 2.24) is 4.72 Å². The van der Waals surface area contributed by atoms with Crippen LogP contribution in [0.15, 0.2) is 41.3 Å². The Morgan fingerprint density at radius 3 is 2.45 bits per heavy atom. The highest BCUT2D eigenvalue weighted by molar-refractivity contribution is 7.89. The number of rotatable bonds is 8. The molecule has 0 aliphatic heterocycles. The summed E-state index contributed by atoms with van der Waals surface area (Å²) < 4.78 is 31.7. The van der Waals surface area contributed by atoms with Crippen molar-refractivity contribution in [3.05, 3.63) is 42.0 Å². The molecule has 0 fully saturated rings. The quantitative estimate of drug-likeness (QED) is 0.589. The van der Waals surface area contributed by atoms with E-state index in [4.69, 9.17) is 0 Å². The van der Waals surface area contributed by atoms with E-state index in [-0.39, 0.29) is 11.3 Å². The lowest BCUT2D eigenvalue weighted by molar-refractivity contribution is -0.142. The molecule has 0 bridgehead atoms. The normalized spacial score (nSPS) is 13.2. The molecule has 1 aromatic rings. The van der Waals surface area contributed by atoms with Crippen LogP contribution in [0.5, 0.6) is 0 Å². The Balaban J connectivity index is 2.87. The fraction of sp³-hybridized carbons (Fsp3) is 0.438. The van der Waals surface area contributed by atoms with Crippen LogP contribution in [0.4, 0.5) is 0 Å². The molecule has 1 atom stereocenters. The summed E-state index contributed by atoms with van der Waals surface area (Å²) in [6.07, 6.45) is 5.86. The number of unbranched alkanes of at least 4 members (excludes halogenated alkanes) is 1. The van der Waals surface area contributed by atoms with Crippen molar-refractivity contribution in [1.29, 1.82) is 0 Å². The van der Waals surface area contributed by atoms with Gasteiger partial charge in [0, 0.05) is 0 Å². The number of carbonyl (C=O) groups is 1. The lowest BCUT2D eigenvalue weighted by atomic mass is 10.2. The lowest BCUT2D eigenvalue weighted by Crippen LogP contribution is -2.41. The Kier molecular flexibility index (Phi) is 7.27. The first-order valence-electron chi connectivity index (χ1n) is 7.22. The van der Waals surface area contributed by atoms with Crippen LogP contribution in [0.2, 0.25) is 0 Å². The second-order valence-corrected chi connectivity index (χ2v) is 6.72. The van der Waals surface area contributed by atoms with Gasteiger partial charge in [-0.2, -0.15) is 4.72 Å². The third-order valence-electron chi connectivity index (χ3n) is 3.11. The maximum Gasteiger partial charge on any atom is 0.324 e. The molecule has 0 aliphatic carbocycles. The first-order chi connectivity index (χ1) is 10.4. The Hall–Kier alpha value is -1.66. The lowest BCUT2D eigenvalue weighted by Gasteiger charge is -2.15. The number of nitrogens with one attached hydrogen (secondary N) is 1. The van der Waals surface area contributed by atoms with Crippen molar-refractivity contribution >= 4 is 16.0 Å². The van der Waals surface area contributed by atoms with Crippen LogP contribution in [0.25, 0.3) is 0 Å². The monoisotopic (exact) mass is 325 g/mol. The molecule has 1 unspecified atom stereocenters. The molecule has 1 rings (SSSR count). The van der Waals surface area contributed by atoms with E-state index in [0.717, 1.165) is 18.4 Å². The number of aryl methyl sites for hydroxylation is 1. The van der Waals surface area contributed by atoms with Crippen molar-refractivity contribution in [3.63, 3.8) is 0 Å². The fourth-order valence-electron chi connectivity index (χ4n) is 1.82. The van der Waals surface area contributed by atoms with Gasteiger partial charge in [-0.3, -0.25) is 4.79 Å². The van der Waals surface area contributed by atoms with Gasteiger partial charge in [-0.15, -0.1) is 0 Å². The van der Waals surface area contributed by atoms with Crippen LogP contribution in [0.1, 0.15) is 31.7 Å². The zero-order chi connectivity index (χ0) is 16.6. The summed E-state index contributed by atoms with van der Waals surface area (Å²) in [5, 5.41) is 0. The molecule has 0 heterocycles. The molecule has 1 aromatic carbocycles. The maximum atomic E-state index is 12.3. The number of hydrogen-bond acceptors (Lipinski definition) is 4. The van der Waals surface area contributed by atoms with Crippen molar-refractivity contribution in [2.75, 3.05) is 7.11 Å². The van der Waals surface area contributed by atoms with E-state index in [9.17, 15) is 13.2 Å². The molecule has 122 valence electrons. The van der Waals surface area contributed by atoms with Gasteiger partial charge in [0.1, 0.15) is 6.04 Å². The van der Waals surface area contributed by atoms with Crippen LogP contribution < -0.4 is 4.72 Å². The van der Waals surface area contributed by atoms with E-state index in [0.29, 0.717) is 0 Å². The smallest absolute Gasteiger partial charge is 0.324 e. The predicted molar refractivity (Wildman–Crippen MR) is 86.0 cm³/mol. The van der Waals surface area contributed by atoms with Gasteiger partial charge in [0.15, 0.2) is 0 Å². The van der Waals surface area contributed by atoms with E-state index in [1.165, 1.54) is 19.2 Å². The van der Waals surface area contributed by atoms with Gasteiger partial charge in [-0.1, -0.05) is 43.2 Å². The molecule has 0 saturated heterocycles. The highest BCUT2D eigenvalue weighted by Gasteiger charge is 2.25. The highest BCUT2D eigenvalue weighted by Crippen LogP contribution is 2.12. The van der Waals surface area contributed by atoms with Gasteiger partial charge in [-0.25, -0.2) is 8.42 Å². The first kappa shape index (κ1) is 18.4. The van der Waals surface area contributed by atoms with Gasteiger partial charge < -0.3 is 4.74 Å². The Bertz CT molecular complexity index is 606. The minimum absolute atomic E-state index is 0.129. The zero-order valence-electron chi connectivity index (χ0n) is 13.2. The predicted octanol–water partition coefficient (Wildman–Crippen LogP) is 2.56. The number of carbonyl (C=O) groups excluding carboxylic acids is 1. The molecule has 0 amide bonds. The van der Waals surface area contributed by atoms with Crippen LogP contribution in [-0.2, 0) is 19.6 Å². The van der Waals surface area contributed by atoms with Crippen molar-refractivity contribution in [2.45, 2.75) is 44.0 Å². The molecule has 0 saturated carbocycles. The number of esters is 1.